The summed E-state index contributed by atoms with van der Waals surface area (Å²) in [5.74, 6) is -0.672. The summed E-state index contributed by atoms with van der Waals surface area (Å²) in [6.45, 7) is 2.36. The summed E-state index contributed by atoms with van der Waals surface area (Å²) < 4.78 is 5.08. The average molecular weight is 296 g/mol. The topological polar surface area (TPSA) is 43.4 Å². The number of benzene rings is 2. The molecule has 22 heavy (non-hydrogen) atoms. The Morgan fingerprint density at radius 2 is 1.82 bits per heavy atom. The molecule has 2 aromatic rings. The number of esters is 1. The van der Waals surface area contributed by atoms with Crippen molar-refractivity contribution in [3.8, 4) is 0 Å². The molecule has 3 heteroatoms. The van der Waals surface area contributed by atoms with Crippen LogP contribution in [-0.4, -0.2) is 18.4 Å². The third-order valence-corrected chi connectivity index (χ3v) is 3.34. The summed E-state index contributed by atoms with van der Waals surface area (Å²) in [5, 5.41) is 1.86. The summed E-state index contributed by atoms with van der Waals surface area (Å²) >= 11 is 0. The van der Waals surface area contributed by atoms with Crippen LogP contribution in [0.1, 0.15) is 36.5 Å². The predicted octanol–water partition coefficient (Wildman–Crippen LogP) is 4.31. The predicted molar refractivity (Wildman–Crippen MR) is 87.9 cm³/mol. The Bertz CT molecular complexity index is 681. The molecule has 0 unspecified atom stereocenters. The number of carbonyl (C=O) groups excluding carboxylic acids is 2. The lowest BCUT2D eigenvalue weighted by Gasteiger charge is -2.06. The van der Waals surface area contributed by atoms with Crippen molar-refractivity contribution in [2.24, 2.45) is 0 Å². The second-order valence-electron chi connectivity index (χ2n) is 5.02. The zero-order valence-electron chi connectivity index (χ0n) is 12.7. The van der Waals surface area contributed by atoms with Crippen LogP contribution < -0.4 is 0 Å². The second-order valence-corrected chi connectivity index (χ2v) is 5.02. The van der Waals surface area contributed by atoms with Crippen molar-refractivity contribution >= 4 is 22.5 Å². The molecule has 0 N–H and O–H groups in total. The van der Waals surface area contributed by atoms with Gasteiger partial charge in [0.1, 0.15) is 6.42 Å². The fourth-order valence-electron chi connectivity index (χ4n) is 2.27. The molecule has 0 saturated heterocycles. The van der Waals surface area contributed by atoms with E-state index >= 15 is 0 Å². The number of ether oxygens (including phenoxy) is 1. The molecule has 0 radical (unpaired) electrons. The maximum Gasteiger partial charge on any atom is 0.313 e. The maximum atomic E-state index is 12.3. The molecule has 3 nitrogen and oxygen atoms in total. The van der Waals surface area contributed by atoms with Gasteiger partial charge in [0.15, 0.2) is 5.78 Å². The van der Waals surface area contributed by atoms with E-state index in [4.69, 9.17) is 4.74 Å². The molecule has 0 heterocycles. The molecular weight excluding hydrogens is 276 g/mol. The van der Waals surface area contributed by atoms with Crippen molar-refractivity contribution in [2.75, 3.05) is 6.61 Å². The number of fused-ring (bicyclic) bond motifs is 1. The van der Waals surface area contributed by atoms with Gasteiger partial charge in [-0.2, -0.15) is 0 Å². The van der Waals surface area contributed by atoms with Crippen LogP contribution in [0.3, 0.4) is 0 Å². The molecule has 2 aromatic carbocycles. The Morgan fingerprint density at radius 3 is 2.64 bits per heavy atom. The normalized spacial score (nSPS) is 11.0. The highest BCUT2D eigenvalue weighted by atomic mass is 16.5. The van der Waals surface area contributed by atoms with E-state index in [0.717, 1.165) is 17.2 Å². The van der Waals surface area contributed by atoms with Crippen molar-refractivity contribution in [1.29, 1.82) is 0 Å². The molecule has 0 atom stereocenters. The molecule has 0 fully saturated rings. The van der Waals surface area contributed by atoms with Crippen molar-refractivity contribution in [1.82, 2.24) is 0 Å². The first-order chi connectivity index (χ1) is 10.7. The summed E-state index contributed by atoms with van der Waals surface area (Å²) in [6, 6.07) is 13.2. The molecular formula is C19H20O3. The van der Waals surface area contributed by atoms with Crippen LogP contribution in [0.25, 0.3) is 10.8 Å². The van der Waals surface area contributed by atoms with Gasteiger partial charge in [-0.05, 0) is 23.6 Å². The third-order valence-electron chi connectivity index (χ3n) is 3.34. The number of ketones is 1. The average Bonchev–Trinajstić information content (AvgIpc) is 2.54. The van der Waals surface area contributed by atoms with Gasteiger partial charge in [0.25, 0.3) is 0 Å². The van der Waals surface area contributed by atoms with Crippen LogP contribution in [0.4, 0.5) is 0 Å². The molecule has 114 valence electrons. The van der Waals surface area contributed by atoms with Crippen molar-refractivity contribution in [3.63, 3.8) is 0 Å². The molecule has 0 aromatic heterocycles. The quantitative estimate of drug-likeness (QED) is 0.251. The maximum absolute atomic E-state index is 12.3. The van der Waals surface area contributed by atoms with Crippen LogP contribution >= 0.6 is 0 Å². The minimum absolute atomic E-state index is 0.203. The first-order valence-corrected chi connectivity index (χ1v) is 7.54. The number of hydrogen-bond acceptors (Lipinski definition) is 3. The molecule has 0 aliphatic rings. The number of rotatable bonds is 7. The van der Waals surface area contributed by atoms with Crippen molar-refractivity contribution in [3.05, 3.63) is 60.2 Å². The highest BCUT2D eigenvalue weighted by Gasteiger charge is 2.15. The summed E-state index contributed by atoms with van der Waals surface area (Å²) in [4.78, 5) is 24.0. The van der Waals surface area contributed by atoms with Gasteiger partial charge in [-0.3, -0.25) is 9.59 Å². The Balaban J connectivity index is 1.96. The number of allylic oxidation sites excluding steroid dienone is 1. The van der Waals surface area contributed by atoms with Gasteiger partial charge >= 0.3 is 5.97 Å². The van der Waals surface area contributed by atoms with Gasteiger partial charge in [0.2, 0.25) is 0 Å². The third kappa shape index (κ3) is 4.29. The van der Waals surface area contributed by atoms with Crippen LogP contribution in [-0.2, 0) is 9.53 Å². The number of Topliss-reactive ketones (excluding diaryl/α,β-unsaturated/α-hetero) is 1. The van der Waals surface area contributed by atoms with E-state index in [0.29, 0.717) is 18.6 Å². The lowest BCUT2D eigenvalue weighted by Crippen LogP contribution is -2.12. The Hall–Kier alpha value is -2.42. The zero-order chi connectivity index (χ0) is 15.8. The van der Waals surface area contributed by atoms with Gasteiger partial charge < -0.3 is 4.74 Å². The van der Waals surface area contributed by atoms with Gasteiger partial charge in [0.05, 0.1) is 6.61 Å². The van der Waals surface area contributed by atoms with Gasteiger partial charge in [-0.15, -0.1) is 0 Å². The minimum Gasteiger partial charge on any atom is -0.465 e. The van der Waals surface area contributed by atoms with Crippen LogP contribution in [0.2, 0.25) is 0 Å². The second kappa shape index (κ2) is 8.13. The monoisotopic (exact) mass is 296 g/mol. The van der Waals surface area contributed by atoms with E-state index < -0.39 is 5.97 Å². The minimum atomic E-state index is -0.470. The standard InChI is InChI=1S/C19H20O3/c1-2-3-4-7-13-22-19(21)14-18(20)17-12-8-10-15-9-5-6-11-16(15)17/h3-6,8-12H,2,7,13-14H2,1H3/b4-3+. The molecule has 0 aliphatic carbocycles. The Labute approximate surface area is 130 Å². The first kappa shape index (κ1) is 16.0. The highest BCUT2D eigenvalue weighted by molar-refractivity contribution is 6.13. The number of hydrogen-bond donors (Lipinski definition) is 0. The van der Waals surface area contributed by atoms with E-state index in [1.54, 1.807) is 6.07 Å². The molecule has 0 aliphatic heterocycles. The van der Waals surface area contributed by atoms with Crippen LogP contribution in [0, 0.1) is 0 Å². The number of carbonyl (C=O) groups is 2. The first-order valence-electron chi connectivity index (χ1n) is 7.54. The smallest absolute Gasteiger partial charge is 0.313 e. The van der Waals surface area contributed by atoms with Gasteiger partial charge in [0, 0.05) is 5.56 Å². The molecule has 0 saturated carbocycles. The highest BCUT2D eigenvalue weighted by Crippen LogP contribution is 2.19. The SMILES string of the molecule is CC/C=C/CCOC(=O)CC(=O)c1cccc2ccccc12. The van der Waals surface area contributed by atoms with E-state index in [1.807, 2.05) is 55.5 Å². The Kier molecular flexibility index (Phi) is 5.90. The van der Waals surface area contributed by atoms with Gasteiger partial charge in [-0.1, -0.05) is 61.5 Å². The zero-order valence-corrected chi connectivity index (χ0v) is 12.7. The van der Waals surface area contributed by atoms with E-state index in [1.165, 1.54) is 0 Å². The molecule has 2 rings (SSSR count). The summed E-state index contributed by atoms with van der Waals surface area (Å²) in [6.07, 6.45) is 5.43. The van der Waals surface area contributed by atoms with Gasteiger partial charge in [-0.25, -0.2) is 0 Å². The fraction of sp³-hybridized carbons (Fsp3) is 0.263. The van der Waals surface area contributed by atoms with E-state index in [9.17, 15) is 9.59 Å². The van der Waals surface area contributed by atoms with Crippen molar-refractivity contribution in [2.45, 2.75) is 26.2 Å². The summed E-state index contributed by atoms with van der Waals surface area (Å²) in [7, 11) is 0. The van der Waals surface area contributed by atoms with E-state index in [2.05, 4.69) is 0 Å². The lowest BCUT2D eigenvalue weighted by atomic mass is 10.00. The van der Waals surface area contributed by atoms with E-state index in [-0.39, 0.29) is 12.2 Å². The molecule has 0 amide bonds. The Morgan fingerprint density at radius 1 is 1.05 bits per heavy atom. The van der Waals surface area contributed by atoms with Crippen LogP contribution in [0.15, 0.2) is 54.6 Å². The lowest BCUT2D eigenvalue weighted by molar-refractivity contribution is -0.142. The summed E-state index contributed by atoms with van der Waals surface area (Å²) in [5.41, 5.74) is 0.570. The van der Waals surface area contributed by atoms with Crippen LogP contribution in [0.5, 0.6) is 0 Å². The van der Waals surface area contributed by atoms with Crippen molar-refractivity contribution < 1.29 is 14.3 Å². The molecule has 0 bridgehead atoms. The molecule has 0 spiro atoms. The fourth-order valence-corrected chi connectivity index (χ4v) is 2.27. The largest absolute Gasteiger partial charge is 0.465 e.